The lowest BCUT2D eigenvalue weighted by molar-refractivity contribution is -0.136. The summed E-state index contributed by atoms with van der Waals surface area (Å²) in [5, 5.41) is 0. The number of rotatable bonds is 12. The van der Waals surface area contributed by atoms with Crippen LogP contribution in [0.1, 0.15) is 76.0 Å². The quantitative estimate of drug-likeness (QED) is 0.227. The summed E-state index contributed by atoms with van der Waals surface area (Å²) in [4.78, 5) is 31.5. The van der Waals surface area contributed by atoms with Crippen LogP contribution in [0.5, 0.6) is 5.75 Å². The molecule has 0 aliphatic carbocycles. The van der Waals surface area contributed by atoms with Gasteiger partial charge in [-0.05, 0) is 42.7 Å². The number of hydrogen-bond acceptors (Lipinski definition) is 6. The molecule has 2 heterocycles. The molecule has 4 rings (SSSR count). The molecule has 0 bridgehead atoms. The Bertz CT molecular complexity index is 1440. The van der Waals surface area contributed by atoms with Gasteiger partial charge in [-0.15, -0.1) is 0 Å². The third-order valence-corrected chi connectivity index (χ3v) is 7.72. The first kappa shape index (κ1) is 27.6. The van der Waals surface area contributed by atoms with Crippen LogP contribution in [0.25, 0.3) is 6.08 Å². The SMILES string of the molecule is CCCCCCCCCOc1ccc(/C=c2/sc3n(c2=O)C(c2ccccc2)C(C(=O)OC)=C(C)N=3)cc1. The number of carbonyl (C=O) groups excluding carboxylic acids is 1. The molecule has 200 valence electrons. The van der Waals surface area contributed by atoms with Gasteiger partial charge in [0, 0.05) is 0 Å². The van der Waals surface area contributed by atoms with Crippen molar-refractivity contribution < 1.29 is 14.3 Å². The smallest absolute Gasteiger partial charge is 0.338 e. The average molecular weight is 533 g/mol. The molecule has 0 saturated carbocycles. The maximum atomic E-state index is 13.6. The first-order chi connectivity index (χ1) is 18.5. The lowest BCUT2D eigenvalue weighted by Crippen LogP contribution is -2.39. The van der Waals surface area contributed by atoms with Crippen molar-refractivity contribution in [1.82, 2.24) is 4.57 Å². The van der Waals surface area contributed by atoms with Crippen LogP contribution < -0.4 is 19.6 Å². The topological polar surface area (TPSA) is 69.9 Å². The molecule has 7 heteroatoms. The molecule has 0 radical (unpaired) electrons. The van der Waals surface area contributed by atoms with Gasteiger partial charge in [0.05, 0.1) is 35.6 Å². The van der Waals surface area contributed by atoms with E-state index in [4.69, 9.17) is 9.47 Å². The number of fused-ring (bicyclic) bond motifs is 1. The summed E-state index contributed by atoms with van der Waals surface area (Å²) in [6, 6.07) is 16.7. The molecule has 0 amide bonds. The zero-order chi connectivity index (χ0) is 26.9. The number of unbranched alkanes of at least 4 members (excludes halogenated alkanes) is 6. The van der Waals surface area contributed by atoms with Gasteiger partial charge in [0.25, 0.3) is 5.56 Å². The van der Waals surface area contributed by atoms with E-state index in [9.17, 15) is 9.59 Å². The molecular weight excluding hydrogens is 496 g/mol. The summed E-state index contributed by atoms with van der Waals surface area (Å²) in [5.74, 6) is 0.346. The number of methoxy groups -OCH3 is 1. The molecular formula is C31H36N2O4S. The van der Waals surface area contributed by atoms with E-state index in [-0.39, 0.29) is 5.56 Å². The minimum absolute atomic E-state index is 0.184. The number of benzene rings is 2. The summed E-state index contributed by atoms with van der Waals surface area (Å²) in [5.41, 5.74) is 2.48. The van der Waals surface area contributed by atoms with Crippen molar-refractivity contribution in [3.05, 3.63) is 96.7 Å². The molecule has 1 atom stereocenters. The maximum Gasteiger partial charge on any atom is 0.338 e. The van der Waals surface area contributed by atoms with Crippen LogP contribution in [0.4, 0.5) is 0 Å². The summed E-state index contributed by atoms with van der Waals surface area (Å²) in [6.07, 6.45) is 10.6. The standard InChI is InChI=1S/C31H36N2O4S/c1-4-5-6-7-8-9-13-20-37-25-18-16-23(17-19-25)21-26-29(34)33-28(24-14-11-10-12-15-24)27(30(35)36-3)22(2)32-31(33)38-26/h10-12,14-19,21,28H,4-9,13,20H2,1-3H3/b26-21+. The number of ether oxygens (including phenoxy) is 2. The first-order valence-corrected chi connectivity index (χ1v) is 14.2. The summed E-state index contributed by atoms with van der Waals surface area (Å²) < 4.78 is 13.1. The maximum absolute atomic E-state index is 13.6. The Morgan fingerprint density at radius 1 is 1.00 bits per heavy atom. The molecule has 38 heavy (non-hydrogen) atoms. The Morgan fingerprint density at radius 2 is 1.68 bits per heavy atom. The van der Waals surface area contributed by atoms with Gasteiger partial charge in [0.15, 0.2) is 4.80 Å². The third-order valence-electron chi connectivity index (χ3n) is 6.74. The fraction of sp³-hybridized carbons (Fsp3) is 0.387. The van der Waals surface area contributed by atoms with Crippen molar-refractivity contribution in [3.63, 3.8) is 0 Å². The van der Waals surface area contributed by atoms with Gasteiger partial charge in [0.2, 0.25) is 0 Å². The monoisotopic (exact) mass is 532 g/mol. The number of carbonyl (C=O) groups is 1. The van der Waals surface area contributed by atoms with E-state index in [1.54, 1.807) is 11.5 Å². The zero-order valence-electron chi connectivity index (χ0n) is 22.4. The number of esters is 1. The van der Waals surface area contributed by atoms with Crippen LogP contribution in [0, 0.1) is 0 Å². The molecule has 3 aromatic rings. The molecule has 0 saturated heterocycles. The number of nitrogens with zero attached hydrogens (tertiary/aromatic N) is 2. The van der Waals surface area contributed by atoms with E-state index in [1.807, 2.05) is 60.7 Å². The van der Waals surface area contributed by atoms with Crippen molar-refractivity contribution >= 4 is 23.4 Å². The fourth-order valence-corrected chi connectivity index (χ4v) is 5.75. The van der Waals surface area contributed by atoms with Crippen molar-refractivity contribution in [2.75, 3.05) is 13.7 Å². The molecule has 0 N–H and O–H groups in total. The lowest BCUT2D eigenvalue weighted by atomic mass is 9.96. The highest BCUT2D eigenvalue weighted by Crippen LogP contribution is 2.30. The summed E-state index contributed by atoms with van der Waals surface area (Å²) in [6.45, 7) is 4.73. The molecule has 1 aliphatic heterocycles. The molecule has 0 spiro atoms. The second kappa shape index (κ2) is 13.4. The van der Waals surface area contributed by atoms with Gasteiger partial charge < -0.3 is 9.47 Å². The fourth-order valence-electron chi connectivity index (χ4n) is 4.70. The van der Waals surface area contributed by atoms with E-state index >= 15 is 0 Å². The van der Waals surface area contributed by atoms with Crippen LogP contribution in [0.15, 0.2) is 75.7 Å². The van der Waals surface area contributed by atoms with E-state index in [0.29, 0.717) is 27.2 Å². The van der Waals surface area contributed by atoms with Crippen LogP contribution in [-0.2, 0) is 9.53 Å². The Morgan fingerprint density at radius 3 is 2.37 bits per heavy atom. The Kier molecular flexibility index (Phi) is 9.71. The Labute approximate surface area is 228 Å². The van der Waals surface area contributed by atoms with Crippen LogP contribution in [0.2, 0.25) is 0 Å². The normalized spacial score (nSPS) is 15.2. The minimum atomic E-state index is -0.593. The van der Waals surface area contributed by atoms with E-state index in [0.717, 1.165) is 23.3 Å². The van der Waals surface area contributed by atoms with E-state index in [1.165, 1.54) is 57.0 Å². The molecule has 6 nitrogen and oxygen atoms in total. The van der Waals surface area contributed by atoms with Gasteiger partial charge in [-0.2, -0.15) is 0 Å². The van der Waals surface area contributed by atoms with Gasteiger partial charge >= 0.3 is 5.97 Å². The van der Waals surface area contributed by atoms with E-state index < -0.39 is 12.0 Å². The Hall–Kier alpha value is -3.45. The first-order valence-electron chi connectivity index (χ1n) is 13.4. The second-order valence-electron chi connectivity index (χ2n) is 9.52. The molecule has 1 aromatic heterocycles. The predicted octanol–water partition coefficient (Wildman–Crippen LogP) is 5.54. The van der Waals surface area contributed by atoms with Gasteiger partial charge in [-0.1, -0.05) is 99.3 Å². The van der Waals surface area contributed by atoms with Gasteiger partial charge in [0.1, 0.15) is 5.75 Å². The van der Waals surface area contributed by atoms with Gasteiger partial charge in [-0.3, -0.25) is 9.36 Å². The van der Waals surface area contributed by atoms with Crippen molar-refractivity contribution in [1.29, 1.82) is 0 Å². The van der Waals surface area contributed by atoms with Crippen LogP contribution in [0.3, 0.4) is 0 Å². The highest BCUT2D eigenvalue weighted by molar-refractivity contribution is 7.07. The largest absolute Gasteiger partial charge is 0.494 e. The number of aromatic nitrogens is 1. The number of thiazole rings is 1. The highest BCUT2D eigenvalue weighted by atomic mass is 32.1. The average Bonchev–Trinajstić information content (AvgIpc) is 3.24. The van der Waals surface area contributed by atoms with E-state index in [2.05, 4.69) is 11.9 Å². The van der Waals surface area contributed by atoms with Crippen molar-refractivity contribution in [2.45, 2.75) is 64.8 Å². The Balaban J connectivity index is 1.52. The van der Waals surface area contributed by atoms with Crippen molar-refractivity contribution in [3.8, 4) is 5.75 Å². The number of allylic oxidation sites excluding steroid dienone is 1. The summed E-state index contributed by atoms with van der Waals surface area (Å²) in [7, 11) is 1.35. The second-order valence-corrected chi connectivity index (χ2v) is 10.5. The minimum Gasteiger partial charge on any atom is -0.494 e. The van der Waals surface area contributed by atoms with Crippen LogP contribution >= 0.6 is 11.3 Å². The van der Waals surface area contributed by atoms with Gasteiger partial charge in [-0.25, -0.2) is 9.79 Å². The molecule has 1 aliphatic rings. The molecule has 0 fully saturated rings. The van der Waals surface area contributed by atoms with Crippen molar-refractivity contribution in [2.24, 2.45) is 4.99 Å². The zero-order valence-corrected chi connectivity index (χ0v) is 23.3. The highest BCUT2D eigenvalue weighted by Gasteiger charge is 2.32. The summed E-state index contributed by atoms with van der Waals surface area (Å²) >= 11 is 1.32. The third kappa shape index (κ3) is 6.51. The lowest BCUT2D eigenvalue weighted by Gasteiger charge is -2.24. The molecule has 1 unspecified atom stereocenters. The van der Waals surface area contributed by atoms with Crippen LogP contribution in [-0.4, -0.2) is 24.3 Å². The predicted molar refractivity (Wildman–Crippen MR) is 152 cm³/mol. The molecule has 2 aromatic carbocycles. The number of hydrogen-bond donors (Lipinski definition) is 0.